The quantitative estimate of drug-likeness (QED) is 0.482. The summed E-state index contributed by atoms with van der Waals surface area (Å²) >= 11 is 0.979. The van der Waals surface area contributed by atoms with Gasteiger partial charge in [-0.05, 0) is 36.4 Å². The SMILES string of the molecule is COc1cc(-c2nnc(SCC(=O)Nc3ccc(C(F)(F)F)cc3)o2)cc(OC)c1OC. The molecule has 0 bridgehead atoms. The third kappa shape index (κ3) is 5.44. The monoisotopic (exact) mass is 469 g/mol. The first-order chi connectivity index (χ1) is 15.2. The van der Waals surface area contributed by atoms with E-state index in [2.05, 4.69) is 15.5 Å². The first-order valence-electron chi connectivity index (χ1n) is 8.99. The number of hydrogen-bond acceptors (Lipinski definition) is 8. The molecular weight excluding hydrogens is 451 g/mol. The van der Waals surface area contributed by atoms with Gasteiger partial charge in [0.05, 0.1) is 32.6 Å². The molecule has 3 rings (SSSR count). The summed E-state index contributed by atoms with van der Waals surface area (Å²) < 4.78 is 59.2. The highest BCUT2D eigenvalue weighted by Gasteiger charge is 2.30. The van der Waals surface area contributed by atoms with Crippen LogP contribution in [-0.4, -0.2) is 43.2 Å². The van der Waals surface area contributed by atoms with Gasteiger partial charge in [0, 0.05) is 11.3 Å². The van der Waals surface area contributed by atoms with Crippen molar-refractivity contribution in [2.75, 3.05) is 32.4 Å². The fraction of sp³-hybridized carbons (Fsp3) is 0.250. The Balaban J connectivity index is 1.64. The summed E-state index contributed by atoms with van der Waals surface area (Å²) in [6, 6.07) is 7.43. The van der Waals surface area contributed by atoms with Gasteiger partial charge in [0.2, 0.25) is 17.5 Å². The molecule has 1 aromatic heterocycles. The fourth-order valence-corrected chi connectivity index (χ4v) is 3.22. The summed E-state index contributed by atoms with van der Waals surface area (Å²) in [6.45, 7) is 0. The van der Waals surface area contributed by atoms with Gasteiger partial charge in [0.15, 0.2) is 11.5 Å². The molecule has 8 nitrogen and oxygen atoms in total. The second-order valence-corrected chi connectivity index (χ2v) is 7.13. The van der Waals surface area contributed by atoms with Crippen LogP contribution in [0.2, 0.25) is 0 Å². The molecule has 1 N–H and O–H groups in total. The highest BCUT2D eigenvalue weighted by Crippen LogP contribution is 2.41. The molecule has 1 amide bonds. The lowest BCUT2D eigenvalue weighted by Crippen LogP contribution is -2.14. The molecule has 2 aromatic carbocycles. The van der Waals surface area contributed by atoms with Crippen LogP contribution in [0.1, 0.15) is 5.56 Å². The van der Waals surface area contributed by atoms with Crippen LogP contribution in [0.5, 0.6) is 17.2 Å². The third-order valence-corrected chi connectivity index (χ3v) is 4.96. The molecule has 12 heteroatoms. The van der Waals surface area contributed by atoms with Crippen molar-refractivity contribution in [2.24, 2.45) is 0 Å². The predicted octanol–water partition coefficient (Wildman–Crippen LogP) is 4.51. The van der Waals surface area contributed by atoms with E-state index in [-0.39, 0.29) is 22.6 Å². The summed E-state index contributed by atoms with van der Waals surface area (Å²) in [7, 11) is 4.44. The van der Waals surface area contributed by atoms with Crippen LogP contribution >= 0.6 is 11.8 Å². The number of carbonyl (C=O) groups excluding carboxylic acids is 1. The number of ether oxygens (including phenoxy) is 3. The number of thioether (sulfide) groups is 1. The zero-order chi connectivity index (χ0) is 23.3. The van der Waals surface area contributed by atoms with Gasteiger partial charge in [0.25, 0.3) is 5.22 Å². The molecule has 0 fully saturated rings. The van der Waals surface area contributed by atoms with Crippen LogP contribution < -0.4 is 19.5 Å². The third-order valence-electron chi connectivity index (χ3n) is 4.14. The van der Waals surface area contributed by atoms with E-state index in [9.17, 15) is 18.0 Å². The highest BCUT2D eigenvalue weighted by molar-refractivity contribution is 7.99. The van der Waals surface area contributed by atoms with E-state index in [0.717, 1.165) is 23.9 Å². The van der Waals surface area contributed by atoms with Gasteiger partial charge >= 0.3 is 6.18 Å². The summed E-state index contributed by atoms with van der Waals surface area (Å²) in [6.07, 6.45) is -4.44. The maximum Gasteiger partial charge on any atom is 0.416 e. The number of nitrogens with one attached hydrogen (secondary N) is 1. The number of benzene rings is 2. The average molecular weight is 469 g/mol. The molecule has 170 valence electrons. The summed E-state index contributed by atoms with van der Waals surface area (Å²) in [5, 5.41) is 10.5. The van der Waals surface area contributed by atoms with Crippen LogP contribution in [0.4, 0.5) is 18.9 Å². The van der Waals surface area contributed by atoms with E-state index < -0.39 is 17.6 Å². The second-order valence-electron chi connectivity index (χ2n) is 6.20. The molecule has 32 heavy (non-hydrogen) atoms. The fourth-order valence-electron chi connectivity index (χ4n) is 2.66. The van der Waals surface area contributed by atoms with Gasteiger partial charge in [-0.15, -0.1) is 10.2 Å². The van der Waals surface area contributed by atoms with Crippen molar-refractivity contribution in [2.45, 2.75) is 11.4 Å². The molecular formula is C20H18F3N3O5S. The smallest absolute Gasteiger partial charge is 0.416 e. The standard InChI is InChI=1S/C20H18F3N3O5S/c1-28-14-8-11(9-15(29-2)17(14)30-3)18-25-26-19(31-18)32-10-16(27)24-13-6-4-12(5-7-13)20(21,22)23/h4-9H,10H2,1-3H3,(H,24,27). The van der Waals surface area contributed by atoms with Gasteiger partial charge in [-0.1, -0.05) is 11.8 Å². The second kappa shape index (κ2) is 9.81. The van der Waals surface area contributed by atoms with Crippen LogP contribution in [0, 0.1) is 0 Å². The number of aromatic nitrogens is 2. The minimum atomic E-state index is -4.44. The number of carbonyl (C=O) groups is 1. The van der Waals surface area contributed by atoms with Crippen molar-refractivity contribution in [1.29, 1.82) is 0 Å². The molecule has 0 saturated carbocycles. The van der Waals surface area contributed by atoms with Crippen molar-refractivity contribution in [3.63, 3.8) is 0 Å². The predicted molar refractivity (Wildman–Crippen MR) is 110 cm³/mol. The van der Waals surface area contributed by atoms with E-state index in [4.69, 9.17) is 18.6 Å². The molecule has 0 unspecified atom stereocenters. The van der Waals surface area contributed by atoms with E-state index in [1.54, 1.807) is 12.1 Å². The maximum absolute atomic E-state index is 12.6. The van der Waals surface area contributed by atoms with Crippen LogP contribution in [0.15, 0.2) is 46.0 Å². The number of nitrogens with zero attached hydrogens (tertiary/aromatic N) is 2. The average Bonchev–Trinajstić information content (AvgIpc) is 3.25. The lowest BCUT2D eigenvalue weighted by Gasteiger charge is -2.12. The Labute approximate surface area is 185 Å². The summed E-state index contributed by atoms with van der Waals surface area (Å²) in [5.41, 5.74) is -0.0321. The van der Waals surface area contributed by atoms with E-state index in [1.807, 2.05) is 0 Å². The molecule has 0 saturated heterocycles. The number of amides is 1. The van der Waals surface area contributed by atoms with E-state index in [0.29, 0.717) is 22.8 Å². The molecule has 1 heterocycles. The van der Waals surface area contributed by atoms with Gasteiger partial charge in [-0.25, -0.2) is 0 Å². The number of hydrogen-bond donors (Lipinski definition) is 1. The van der Waals surface area contributed by atoms with Gasteiger partial charge in [-0.3, -0.25) is 4.79 Å². The molecule has 0 aliphatic carbocycles. The zero-order valence-electron chi connectivity index (χ0n) is 17.1. The first kappa shape index (κ1) is 23.3. The Morgan fingerprint density at radius 2 is 1.66 bits per heavy atom. The van der Waals surface area contributed by atoms with Crippen molar-refractivity contribution in [3.8, 4) is 28.7 Å². The topological polar surface area (TPSA) is 95.7 Å². The highest BCUT2D eigenvalue weighted by atomic mass is 32.2. The molecule has 3 aromatic rings. The van der Waals surface area contributed by atoms with Crippen molar-refractivity contribution in [3.05, 3.63) is 42.0 Å². The van der Waals surface area contributed by atoms with E-state index >= 15 is 0 Å². The lowest BCUT2D eigenvalue weighted by atomic mass is 10.2. The van der Waals surface area contributed by atoms with Gasteiger partial charge in [-0.2, -0.15) is 13.2 Å². The van der Waals surface area contributed by atoms with Crippen LogP contribution in [-0.2, 0) is 11.0 Å². The molecule has 0 spiro atoms. The van der Waals surface area contributed by atoms with E-state index in [1.165, 1.54) is 33.5 Å². The van der Waals surface area contributed by atoms with Crippen molar-refractivity contribution >= 4 is 23.4 Å². The summed E-state index contributed by atoms with van der Waals surface area (Å²) in [5.74, 6) is 0.873. The van der Waals surface area contributed by atoms with Gasteiger partial charge in [0.1, 0.15) is 0 Å². The summed E-state index contributed by atoms with van der Waals surface area (Å²) in [4.78, 5) is 12.1. The number of alkyl halides is 3. The maximum atomic E-state index is 12.6. The number of methoxy groups -OCH3 is 3. The first-order valence-corrected chi connectivity index (χ1v) is 9.97. The Hall–Kier alpha value is -3.41. The Morgan fingerprint density at radius 3 is 2.19 bits per heavy atom. The minimum absolute atomic E-state index is 0.0854. The van der Waals surface area contributed by atoms with Crippen molar-refractivity contribution in [1.82, 2.24) is 10.2 Å². The molecule has 0 radical (unpaired) electrons. The molecule has 0 atom stereocenters. The minimum Gasteiger partial charge on any atom is -0.493 e. The van der Waals surface area contributed by atoms with Crippen LogP contribution in [0.3, 0.4) is 0 Å². The largest absolute Gasteiger partial charge is 0.493 e. The zero-order valence-corrected chi connectivity index (χ0v) is 18.0. The molecule has 0 aliphatic heterocycles. The Bertz CT molecular complexity index is 1060. The van der Waals surface area contributed by atoms with Crippen molar-refractivity contribution < 1.29 is 36.6 Å². The number of anilines is 1. The Kier molecular flexibility index (Phi) is 7.13. The number of rotatable bonds is 8. The lowest BCUT2D eigenvalue weighted by molar-refractivity contribution is -0.137. The number of halogens is 3. The molecule has 0 aliphatic rings. The normalized spacial score (nSPS) is 11.2. The van der Waals surface area contributed by atoms with Crippen LogP contribution in [0.25, 0.3) is 11.5 Å². The van der Waals surface area contributed by atoms with Gasteiger partial charge < -0.3 is 23.9 Å². The Morgan fingerprint density at radius 1 is 1.03 bits per heavy atom.